The Morgan fingerprint density at radius 2 is 1.86 bits per heavy atom. The third kappa shape index (κ3) is 6.15. The lowest BCUT2D eigenvalue weighted by Gasteiger charge is -2.26. The first-order valence-electron chi connectivity index (χ1n) is 9.59. The molecule has 1 amide bonds. The maximum Gasteiger partial charge on any atom is 0.248 e. The van der Waals surface area contributed by atoms with Crippen LogP contribution in [0.3, 0.4) is 0 Å². The summed E-state index contributed by atoms with van der Waals surface area (Å²) < 4.78 is 5.32. The number of hydrogen-bond acceptors (Lipinski definition) is 4. The number of carbonyl (C=O) groups is 2. The quantitative estimate of drug-likeness (QED) is 0.591. The van der Waals surface area contributed by atoms with Crippen molar-refractivity contribution in [3.05, 3.63) is 71.3 Å². The molecular formula is C23H26N2O3. The fourth-order valence-electron chi connectivity index (χ4n) is 3.03. The van der Waals surface area contributed by atoms with Crippen molar-refractivity contribution in [1.82, 2.24) is 4.90 Å². The van der Waals surface area contributed by atoms with Crippen LogP contribution in [0.25, 0.3) is 6.08 Å². The minimum Gasteiger partial charge on any atom is -0.379 e. The van der Waals surface area contributed by atoms with Gasteiger partial charge in [-0.15, -0.1) is 0 Å². The smallest absolute Gasteiger partial charge is 0.248 e. The van der Waals surface area contributed by atoms with Crippen molar-refractivity contribution in [2.24, 2.45) is 0 Å². The minimum absolute atomic E-state index is 0.0813. The Morgan fingerprint density at radius 3 is 2.61 bits per heavy atom. The average molecular weight is 378 g/mol. The van der Waals surface area contributed by atoms with E-state index in [0.29, 0.717) is 17.7 Å². The lowest BCUT2D eigenvalue weighted by molar-refractivity contribution is -0.111. The van der Waals surface area contributed by atoms with Gasteiger partial charge in [0.2, 0.25) is 5.91 Å². The molecule has 146 valence electrons. The molecule has 5 heteroatoms. The molecule has 28 heavy (non-hydrogen) atoms. The second-order valence-corrected chi connectivity index (χ2v) is 6.94. The summed E-state index contributed by atoms with van der Waals surface area (Å²) in [6, 6.07) is 15.0. The Balaban J connectivity index is 1.53. The standard InChI is InChI=1S/C23H26N2O3/c1-18-5-7-19(8-6-18)9-10-23(27)24-21-4-2-3-20(17-21)22(26)11-12-25-13-15-28-16-14-25/h2-10,17H,11-16H2,1H3,(H,24,27)/b10-9+. The number of hydrogen-bond donors (Lipinski definition) is 1. The van der Waals surface area contributed by atoms with Crippen LogP contribution in [0.4, 0.5) is 5.69 Å². The van der Waals surface area contributed by atoms with E-state index in [-0.39, 0.29) is 11.7 Å². The summed E-state index contributed by atoms with van der Waals surface area (Å²) >= 11 is 0. The zero-order valence-corrected chi connectivity index (χ0v) is 16.2. The fraction of sp³-hybridized carbons (Fsp3) is 0.304. The van der Waals surface area contributed by atoms with E-state index >= 15 is 0 Å². The second kappa shape index (κ2) is 9.97. The lowest BCUT2D eigenvalue weighted by atomic mass is 10.1. The number of anilines is 1. The van der Waals surface area contributed by atoms with Gasteiger partial charge in [-0.1, -0.05) is 42.0 Å². The first-order valence-corrected chi connectivity index (χ1v) is 9.59. The number of amides is 1. The van der Waals surface area contributed by atoms with E-state index in [1.165, 1.54) is 11.6 Å². The molecule has 1 aliphatic heterocycles. The van der Waals surface area contributed by atoms with E-state index in [1.54, 1.807) is 30.3 Å². The number of rotatable bonds is 7. The van der Waals surface area contributed by atoms with Crippen LogP contribution in [0.5, 0.6) is 0 Å². The van der Waals surface area contributed by atoms with Crippen LogP contribution < -0.4 is 5.32 Å². The van der Waals surface area contributed by atoms with E-state index in [9.17, 15) is 9.59 Å². The van der Waals surface area contributed by atoms with Crippen molar-refractivity contribution in [3.8, 4) is 0 Å². The molecule has 2 aromatic carbocycles. The van der Waals surface area contributed by atoms with Crippen LogP contribution in [0, 0.1) is 6.92 Å². The van der Waals surface area contributed by atoms with Gasteiger partial charge in [0.25, 0.3) is 0 Å². The summed E-state index contributed by atoms with van der Waals surface area (Å²) in [4.78, 5) is 26.9. The maximum atomic E-state index is 12.5. The molecule has 0 bridgehead atoms. The van der Waals surface area contributed by atoms with Gasteiger partial charge in [0, 0.05) is 43.4 Å². The number of carbonyl (C=O) groups excluding carboxylic acids is 2. The van der Waals surface area contributed by atoms with Gasteiger partial charge in [0.1, 0.15) is 0 Å². The topological polar surface area (TPSA) is 58.6 Å². The van der Waals surface area contributed by atoms with Crippen LogP contribution in [0.15, 0.2) is 54.6 Å². The number of morpholine rings is 1. The molecule has 1 heterocycles. The molecule has 1 saturated heterocycles. The molecule has 0 radical (unpaired) electrons. The predicted octanol–water partition coefficient (Wildman–Crippen LogP) is 3.55. The van der Waals surface area contributed by atoms with Crippen LogP contribution in [-0.4, -0.2) is 49.4 Å². The number of ketones is 1. The van der Waals surface area contributed by atoms with E-state index in [4.69, 9.17) is 4.74 Å². The molecule has 5 nitrogen and oxygen atoms in total. The van der Waals surface area contributed by atoms with Gasteiger partial charge in [0.05, 0.1) is 13.2 Å². The molecule has 0 aromatic heterocycles. The molecule has 0 saturated carbocycles. The Labute approximate surface area is 166 Å². The zero-order valence-electron chi connectivity index (χ0n) is 16.2. The van der Waals surface area contributed by atoms with Crippen molar-refractivity contribution >= 4 is 23.5 Å². The number of ether oxygens (including phenoxy) is 1. The highest BCUT2D eigenvalue weighted by Crippen LogP contribution is 2.14. The SMILES string of the molecule is Cc1ccc(/C=C/C(=O)Nc2cccc(C(=O)CCN3CCOCC3)c2)cc1. The van der Waals surface area contributed by atoms with Crippen molar-refractivity contribution in [2.75, 3.05) is 38.2 Å². The third-order valence-electron chi connectivity index (χ3n) is 4.72. The Hall–Kier alpha value is -2.76. The van der Waals surface area contributed by atoms with Crippen molar-refractivity contribution in [2.45, 2.75) is 13.3 Å². The fourth-order valence-corrected chi connectivity index (χ4v) is 3.03. The van der Waals surface area contributed by atoms with E-state index < -0.39 is 0 Å². The summed E-state index contributed by atoms with van der Waals surface area (Å²) in [6.07, 6.45) is 3.73. The van der Waals surface area contributed by atoms with Crippen LogP contribution in [0.2, 0.25) is 0 Å². The predicted molar refractivity (Wildman–Crippen MR) is 111 cm³/mol. The number of aryl methyl sites for hydroxylation is 1. The molecule has 2 aromatic rings. The molecule has 0 spiro atoms. The molecular weight excluding hydrogens is 352 g/mol. The summed E-state index contributed by atoms with van der Waals surface area (Å²) in [5, 5.41) is 2.82. The molecule has 0 atom stereocenters. The van der Waals surface area contributed by atoms with E-state index in [1.807, 2.05) is 31.2 Å². The van der Waals surface area contributed by atoms with Gasteiger partial charge < -0.3 is 10.1 Å². The van der Waals surface area contributed by atoms with Crippen LogP contribution in [-0.2, 0) is 9.53 Å². The largest absolute Gasteiger partial charge is 0.379 e. The van der Waals surface area contributed by atoms with Crippen molar-refractivity contribution in [3.63, 3.8) is 0 Å². The van der Waals surface area contributed by atoms with Crippen molar-refractivity contribution in [1.29, 1.82) is 0 Å². The molecule has 0 aliphatic carbocycles. The van der Waals surface area contributed by atoms with E-state index in [2.05, 4.69) is 10.2 Å². The number of nitrogens with one attached hydrogen (secondary N) is 1. The monoisotopic (exact) mass is 378 g/mol. The summed E-state index contributed by atoms with van der Waals surface area (Å²) in [5.41, 5.74) is 3.38. The number of Topliss-reactive ketones (excluding diaryl/α,β-unsaturated/α-hetero) is 1. The summed E-state index contributed by atoms with van der Waals surface area (Å²) in [5.74, 6) is -0.142. The van der Waals surface area contributed by atoms with Gasteiger partial charge >= 0.3 is 0 Å². The summed E-state index contributed by atoms with van der Waals surface area (Å²) in [7, 11) is 0. The molecule has 1 fully saturated rings. The minimum atomic E-state index is -0.224. The van der Waals surface area contributed by atoms with Gasteiger partial charge in [-0.2, -0.15) is 0 Å². The highest BCUT2D eigenvalue weighted by molar-refractivity contribution is 6.03. The van der Waals surface area contributed by atoms with E-state index in [0.717, 1.165) is 38.4 Å². The first-order chi connectivity index (χ1) is 13.6. The van der Waals surface area contributed by atoms with Crippen LogP contribution >= 0.6 is 0 Å². The average Bonchev–Trinajstić information content (AvgIpc) is 2.72. The molecule has 1 aliphatic rings. The number of nitrogens with zero attached hydrogens (tertiary/aromatic N) is 1. The van der Waals surface area contributed by atoms with Crippen LogP contribution in [0.1, 0.15) is 27.9 Å². The van der Waals surface area contributed by atoms with Crippen molar-refractivity contribution < 1.29 is 14.3 Å². The zero-order chi connectivity index (χ0) is 19.8. The van der Waals surface area contributed by atoms with Gasteiger partial charge in [0.15, 0.2) is 5.78 Å². The Bertz CT molecular complexity index is 837. The Kier molecular flexibility index (Phi) is 7.12. The maximum absolute atomic E-state index is 12.5. The van der Waals surface area contributed by atoms with Gasteiger partial charge in [-0.05, 0) is 30.7 Å². The molecule has 1 N–H and O–H groups in total. The normalized spacial score (nSPS) is 14.9. The second-order valence-electron chi connectivity index (χ2n) is 6.94. The highest BCUT2D eigenvalue weighted by atomic mass is 16.5. The molecule has 3 rings (SSSR count). The first kappa shape index (κ1) is 20.0. The van der Waals surface area contributed by atoms with Gasteiger partial charge in [-0.3, -0.25) is 14.5 Å². The summed E-state index contributed by atoms with van der Waals surface area (Å²) in [6.45, 7) is 5.96. The lowest BCUT2D eigenvalue weighted by Crippen LogP contribution is -2.37. The molecule has 0 unspecified atom stereocenters. The van der Waals surface area contributed by atoms with Gasteiger partial charge in [-0.25, -0.2) is 0 Å². The highest BCUT2D eigenvalue weighted by Gasteiger charge is 2.13. The third-order valence-corrected chi connectivity index (χ3v) is 4.72. The Morgan fingerprint density at radius 1 is 1.11 bits per heavy atom. The number of benzene rings is 2.